The van der Waals surface area contributed by atoms with E-state index in [-0.39, 0.29) is 17.2 Å². The van der Waals surface area contributed by atoms with Crippen LogP contribution in [0.2, 0.25) is 0 Å². The molecule has 2 aliphatic heterocycles. The van der Waals surface area contributed by atoms with Gasteiger partial charge in [-0.1, -0.05) is 54.2 Å². The highest BCUT2D eigenvalue weighted by Gasteiger charge is 2.36. The minimum absolute atomic E-state index is 0.0794. The SMILES string of the molecule is Cc1cc(/C=C2/C(=N)N3C(c4ccccc4)=CSC3=NC2=O)c(C)n1-c1ccccc1F. The van der Waals surface area contributed by atoms with Crippen molar-refractivity contribution in [2.45, 2.75) is 13.8 Å². The van der Waals surface area contributed by atoms with Gasteiger partial charge in [0.25, 0.3) is 5.91 Å². The summed E-state index contributed by atoms with van der Waals surface area (Å²) in [5, 5.41) is 11.2. The van der Waals surface area contributed by atoms with Crippen LogP contribution >= 0.6 is 11.8 Å². The van der Waals surface area contributed by atoms with Gasteiger partial charge in [0.1, 0.15) is 11.7 Å². The second kappa shape index (κ2) is 7.76. The summed E-state index contributed by atoms with van der Waals surface area (Å²) < 4.78 is 16.2. The molecular formula is C25H19FN4OS. The van der Waals surface area contributed by atoms with E-state index < -0.39 is 5.91 Å². The van der Waals surface area contributed by atoms with Gasteiger partial charge in [-0.25, -0.2) is 4.39 Å². The molecule has 2 aliphatic rings. The van der Waals surface area contributed by atoms with Crippen molar-refractivity contribution >= 4 is 40.4 Å². The largest absolute Gasteiger partial charge is 0.315 e. The number of rotatable bonds is 3. The number of nitrogens with zero attached hydrogens (tertiary/aromatic N) is 3. The lowest BCUT2D eigenvalue weighted by molar-refractivity contribution is -0.114. The van der Waals surface area contributed by atoms with Crippen molar-refractivity contribution in [3.63, 3.8) is 0 Å². The molecule has 1 N–H and O–H groups in total. The average Bonchev–Trinajstić information content (AvgIpc) is 3.33. The number of carbonyl (C=O) groups excluding carboxylic acids is 1. The summed E-state index contributed by atoms with van der Waals surface area (Å²) in [7, 11) is 0. The number of fused-ring (bicyclic) bond motifs is 1. The van der Waals surface area contributed by atoms with Gasteiger partial charge in [-0.3, -0.25) is 15.1 Å². The molecule has 0 atom stereocenters. The predicted molar refractivity (Wildman–Crippen MR) is 127 cm³/mol. The molecule has 7 heteroatoms. The highest BCUT2D eigenvalue weighted by Crippen LogP contribution is 2.37. The second-order valence-electron chi connectivity index (χ2n) is 7.54. The fraction of sp³-hybridized carbons (Fsp3) is 0.0800. The van der Waals surface area contributed by atoms with Gasteiger partial charge in [0.15, 0.2) is 5.17 Å². The van der Waals surface area contributed by atoms with Crippen LogP contribution in [0.25, 0.3) is 17.5 Å². The number of hydrogen-bond donors (Lipinski definition) is 1. The number of benzene rings is 2. The summed E-state index contributed by atoms with van der Waals surface area (Å²) in [6.45, 7) is 3.76. The van der Waals surface area contributed by atoms with Gasteiger partial charge < -0.3 is 4.57 Å². The minimum atomic E-state index is -0.452. The monoisotopic (exact) mass is 442 g/mol. The average molecular weight is 443 g/mol. The van der Waals surface area contributed by atoms with Gasteiger partial charge in [0.05, 0.1) is 17.0 Å². The Morgan fingerprint density at radius 3 is 2.53 bits per heavy atom. The Kier molecular flexibility index (Phi) is 4.90. The number of thioether (sulfide) groups is 1. The number of carbonyl (C=O) groups is 1. The maximum absolute atomic E-state index is 14.4. The van der Waals surface area contributed by atoms with Crippen LogP contribution in [0.5, 0.6) is 0 Å². The van der Waals surface area contributed by atoms with Crippen LogP contribution < -0.4 is 0 Å². The molecule has 0 radical (unpaired) electrons. The number of aryl methyl sites for hydroxylation is 1. The van der Waals surface area contributed by atoms with Crippen LogP contribution in [0, 0.1) is 25.1 Å². The van der Waals surface area contributed by atoms with Crippen LogP contribution in [-0.4, -0.2) is 26.4 Å². The lowest BCUT2D eigenvalue weighted by atomic mass is 10.1. The Bertz CT molecular complexity index is 1370. The van der Waals surface area contributed by atoms with Gasteiger partial charge in [-0.15, -0.1) is 0 Å². The normalized spacial score (nSPS) is 17.0. The zero-order valence-electron chi connectivity index (χ0n) is 17.5. The Morgan fingerprint density at radius 1 is 1.06 bits per heavy atom. The first-order valence-corrected chi connectivity index (χ1v) is 10.9. The Balaban J connectivity index is 1.57. The van der Waals surface area contributed by atoms with E-state index in [9.17, 15) is 9.18 Å². The van der Waals surface area contributed by atoms with E-state index in [0.29, 0.717) is 10.9 Å². The maximum Gasteiger partial charge on any atom is 0.283 e. The van der Waals surface area contributed by atoms with Crippen molar-refractivity contribution < 1.29 is 9.18 Å². The summed E-state index contributed by atoms with van der Waals surface area (Å²) in [6.07, 6.45) is 1.68. The maximum atomic E-state index is 14.4. The third-order valence-electron chi connectivity index (χ3n) is 5.55. The summed E-state index contributed by atoms with van der Waals surface area (Å²) in [4.78, 5) is 18.7. The number of nitrogens with one attached hydrogen (secondary N) is 1. The third kappa shape index (κ3) is 3.22. The highest BCUT2D eigenvalue weighted by molar-refractivity contribution is 8.17. The molecule has 3 aromatic rings. The quantitative estimate of drug-likeness (QED) is 0.542. The number of halogens is 1. The molecule has 0 bridgehead atoms. The Labute approximate surface area is 189 Å². The molecule has 32 heavy (non-hydrogen) atoms. The topological polar surface area (TPSA) is 61.5 Å². The summed E-state index contributed by atoms with van der Waals surface area (Å²) in [6, 6.07) is 18.2. The summed E-state index contributed by atoms with van der Waals surface area (Å²) >= 11 is 1.33. The molecule has 0 saturated heterocycles. The van der Waals surface area contributed by atoms with E-state index in [4.69, 9.17) is 5.41 Å². The molecule has 0 saturated carbocycles. The number of para-hydroxylation sites is 1. The van der Waals surface area contributed by atoms with Gasteiger partial charge in [-0.2, -0.15) is 4.99 Å². The Morgan fingerprint density at radius 2 is 1.78 bits per heavy atom. The molecule has 2 aromatic carbocycles. The molecule has 0 aliphatic carbocycles. The lowest BCUT2D eigenvalue weighted by Gasteiger charge is -2.26. The molecule has 158 valence electrons. The summed E-state index contributed by atoms with van der Waals surface area (Å²) in [5.41, 5.74) is 4.77. The Hall–Kier alpha value is -3.71. The van der Waals surface area contributed by atoms with Gasteiger partial charge in [0.2, 0.25) is 0 Å². The third-order valence-corrected chi connectivity index (χ3v) is 6.37. The molecule has 1 amide bonds. The van der Waals surface area contributed by atoms with Crippen molar-refractivity contribution in [2.24, 2.45) is 4.99 Å². The van der Waals surface area contributed by atoms with E-state index in [1.807, 2.05) is 60.2 Å². The minimum Gasteiger partial charge on any atom is -0.315 e. The van der Waals surface area contributed by atoms with E-state index >= 15 is 0 Å². The molecule has 3 heterocycles. The molecule has 1 aromatic heterocycles. The molecule has 5 nitrogen and oxygen atoms in total. The molecule has 0 fully saturated rings. The van der Waals surface area contributed by atoms with Crippen LogP contribution in [0.15, 0.2) is 76.6 Å². The van der Waals surface area contributed by atoms with Crippen molar-refractivity contribution in [2.75, 3.05) is 0 Å². The van der Waals surface area contributed by atoms with E-state index in [1.165, 1.54) is 17.8 Å². The first kappa shape index (κ1) is 20.2. The van der Waals surface area contributed by atoms with Gasteiger partial charge in [0, 0.05) is 16.8 Å². The zero-order valence-corrected chi connectivity index (χ0v) is 18.3. The van der Waals surface area contributed by atoms with E-state index in [2.05, 4.69) is 4.99 Å². The smallest absolute Gasteiger partial charge is 0.283 e. The van der Waals surface area contributed by atoms with E-state index in [0.717, 1.165) is 28.2 Å². The van der Waals surface area contributed by atoms with Crippen molar-refractivity contribution in [1.82, 2.24) is 9.47 Å². The first-order chi connectivity index (χ1) is 15.5. The predicted octanol–water partition coefficient (Wildman–Crippen LogP) is 5.54. The van der Waals surface area contributed by atoms with Gasteiger partial charge >= 0.3 is 0 Å². The van der Waals surface area contributed by atoms with Crippen molar-refractivity contribution in [3.05, 3.63) is 100.0 Å². The molecule has 0 spiro atoms. The number of amidine groups is 2. The fourth-order valence-electron chi connectivity index (χ4n) is 4.01. The van der Waals surface area contributed by atoms with Crippen molar-refractivity contribution in [3.8, 4) is 5.69 Å². The van der Waals surface area contributed by atoms with Crippen molar-refractivity contribution in [1.29, 1.82) is 5.41 Å². The van der Waals surface area contributed by atoms with Gasteiger partial charge in [-0.05, 0) is 49.2 Å². The fourth-order valence-corrected chi connectivity index (χ4v) is 4.90. The number of hydrogen-bond acceptors (Lipinski definition) is 3. The summed E-state index contributed by atoms with van der Waals surface area (Å²) in [5.74, 6) is -0.695. The van der Waals surface area contributed by atoms with Crippen LogP contribution in [0.4, 0.5) is 4.39 Å². The second-order valence-corrected chi connectivity index (χ2v) is 8.38. The lowest BCUT2D eigenvalue weighted by Crippen LogP contribution is -2.38. The van der Waals surface area contributed by atoms with Crippen LogP contribution in [-0.2, 0) is 4.79 Å². The highest BCUT2D eigenvalue weighted by atomic mass is 32.2. The standard InChI is InChI=1S/C25H19FN4OS/c1-15-12-18(16(2)29(15)21-11-7-6-10-20(21)26)13-19-23(27)30-22(17-8-4-3-5-9-17)14-32-25(30)28-24(19)31/h3-14,27H,1-2H3/b19-13-,27-23?. The molecule has 0 unspecified atom stereocenters. The zero-order chi connectivity index (χ0) is 22.4. The number of aliphatic imine (C=N–C) groups is 1. The molecular weight excluding hydrogens is 423 g/mol. The molecule has 5 rings (SSSR count). The van der Waals surface area contributed by atoms with Crippen LogP contribution in [0.1, 0.15) is 22.5 Å². The number of aromatic nitrogens is 1. The first-order valence-electron chi connectivity index (χ1n) is 10.1. The van der Waals surface area contributed by atoms with Crippen LogP contribution in [0.3, 0.4) is 0 Å². The van der Waals surface area contributed by atoms with E-state index in [1.54, 1.807) is 29.2 Å². The number of amides is 1.